The van der Waals surface area contributed by atoms with Gasteiger partial charge in [0.05, 0.1) is 17.3 Å². The maximum Gasteiger partial charge on any atom is 0.345 e. The molecule has 0 aliphatic carbocycles. The summed E-state index contributed by atoms with van der Waals surface area (Å²) in [6, 6.07) is 24.1. The van der Waals surface area contributed by atoms with Crippen molar-refractivity contribution in [1.29, 1.82) is 0 Å². The van der Waals surface area contributed by atoms with Crippen molar-refractivity contribution >= 4 is 22.8 Å². The molecule has 1 saturated heterocycles. The zero-order chi connectivity index (χ0) is 33.8. The number of benzene rings is 3. The first-order valence-corrected chi connectivity index (χ1v) is 15.8. The van der Waals surface area contributed by atoms with Crippen LogP contribution in [0.5, 0.6) is 5.75 Å². The summed E-state index contributed by atoms with van der Waals surface area (Å²) < 4.78 is 0. The number of hydrogen-bond acceptors (Lipinski definition) is 8. The summed E-state index contributed by atoms with van der Waals surface area (Å²) in [4.78, 5) is 46.3. The predicted molar refractivity (Wildman–Crippen MR) is 179 cm³/mol. The third-order valence-corrected chi connectivity index (χ3v) is 9.02. The number of phenolic OH excluding ortho intramolecular Hbond substituents is 1. The number of fused-ring (bicyclic) bond motifs is 1. The lowest BCUT2D eigenvalue weighted by atomic mass is 9.85. The molecule has 6 N–H and O–H groups in total. The molecule has 11 heteroatoms. The van der Waals surface area contributed by atoms with E-state index in [-0.39, 0.29) is 34.9 Å². The third kappa shape index (κ3) is 6.56. The van der Waals surface area contributed by atoms with E-state index in [4.69, 9.17) is 0 Å². The highest BCUT2D eigenvalue weighted by molar-refractivity contribution is 5.95. The van der Waals surface area contributed by atoms with E-state index >= 15 is 0 Å². The minimum atomic E-state index is -2.26. The first-order valence-electron chi connectivity index (χ1n) is 15.8. The number of H-pyrrole nitrogens is 1. The van der Waals surface area contributed by atoms with Crippen LogP contribution in [0, 0.1) is 5.92 Å². The average molecular weight is 649 g/mol. The lowest BCUT2D eigenvalue weighted by Gasteiger charge is -2.32. The van der Waals surface area contributed by atoms with E-state index < -0.39 is 17.7 Å². The number of nitrogens with zero attached hydrogens (tertiary/aromatic N) is 2. The molecule has 1 fully saturated rings. The van der Waals surface area contributed by atoms with Gasteiger partial charge in [0.25, 0.3) is 5.91 Å². The molecular weight excluding hydrogens is 612 g/mol. The maximum absolute atomic E-state index is 13.5. The minimum Gasteiger partial charge on any atom is -0.506 e. The number of rotatable bonds is 10. The smallest absolute Gasteiger partial charge is 0.345 e. The highest BCUT2D eigenvalue weighted by atomic mass is 16.4. The molecule has 1 amide bonds. The van der Waals surface area contributed by atoms with E-state index in [1.54, 1.807) is 85.1 Å². The molecule has 3 heterocycles. The number of phenols is 1. The summed E-state index contributed by atoms with van der Waals surface area (Å²) in [6.07, 6.45) is 2.27. The van der Waals surface area contributed by atoms with Crippen LogP contribution in [0.2, 0.25) is 0 Å². The summed E-state index contributed by atoms with van der Waals surface area (Å²) in [5, 5.41) is 46.2. The molecule has 1 aliphatic rings. The Bertz CT molecular complexity index is 2010. The Labute approximate surface area is 276 Å². The van der Waals surface area contributed by atoms with Crippen LogP contribution in [-0.4, -0.2) is 73.3 Å². The summed E-state index contributed by atoms with van der Waals surface area (Å²) in [5.74, 6) is -1.28. The lowest BCUT2D eigenvalue weighted by Crippen LogP contribution is -2.41. The monoisotopic (exact) mass is 648 g/mol. The normalized spacial score (nSPS) is 15.6. The fourth-order valence-corrected chi connectivity index (χ4v) is 6.32. The number of aliphatic carboxylic acids is 1. The van der Waals surface area contributed by atoms with Crippen molar-refractivity contribution in [2.24, 2.45) is 5.92 Å². The second-order valence-electron chi connectivity index (χ2n) is 12.1. The molecule has 246 valence electrons. The van der Waals surface area contributed by atoms with Gasteiger partial charge in [-0.05, 0) is 66.8 Å². The van der Waals surface area contributed by atoms with E-state index in [9.17, 15) is 34.8 Å². The zero-order valence-electron chi connectivity index (χ0n) is 26.0. The number of aromatic hydroxyl groups is 1. The second kappa shape index (κ2) is 13.8. The number of nitrogens with one attached hydrogen (secondary N) is 2. The van der Waals surface area contributed by atoms with Gasteiger partial charge in [-0.2, -0.15) is 0 Å². The molecule has 6 rings (SSSR count). The van der Waals surface area contributed by atoms with Crippen LogP contribution >= 0.6 is 0 Å². The Morgan fingerprint density at radius 2 is 1.71 bits per heavy atom. The molecule has 5 aromatic rings. The van der Waals surface area contributed by atoms with Gasteiger partial charge in [-0.3, -0.25) is 14.6 Å². The molecule has 2 atom stereocenters. The number of carbonyl (C=O) groups is 2. The number of pyridine rings is 2. The van der Waals surface area contributed by atoms with Gasteiger partial charge in [-0.15, -0.1) is 0 Å². The quantitative estimate of drug-likeness (QED) is 0.132. The van der Waals surface area contributed by atoms with E-state index in [1.165, 1.54) is 12.1 Å². The van der Waals surface area contributed by atoms with Crippen LogP contribution in [0.1, 0.15) is 46.0 Å². The molecular formula is C37H36N4O7. The third-order valence-electron chi connectivity index (χ3n) is 9.02. The Kier molecular flexibility index (Phi) is 9.35. The summed E-state index contributed by atoms with van der Waals surface area (Å²) >= 11 is 0. The number of carboxylic acids is 1. The van der Waals surface area contributed by atoms with E-state index in [0.29, 0.717) is 58.8 Å². The van der Waals surface area contributed by atoms with Crippen LogP contribution in [-0.2, 0) is 10.4 Å². The summed E-state index contributed by atoms with van der Waals surface area (Å²) in [5.41, 5.74) is 0.208. The summed E-state index contributed by atoms with van der Waals surface area (Å²) in [6.45, 7) is 2.08. The molecule has 48 heavy (non-hydrogen) atoms. The molecule has 1 aliphatic heterocycles. The Morgan fingerprint density at radius 3 is 2.46 bits per heavy atom. The van der Waals surface area contributed by atoms with Gasteiger partial charge in [-0.1, -0.05) is 54.6 Å². The number of aromatic nitrogens is 2. The van der Waals surface area contributed by atoms with Crippen molar-refractivity contribution in [1.82, 2.24) is 20.2 Å². The van der Waals surface area contributed by atoms with Crippen molar-refractivity contribution < 1.29 is 30.0 Å². The van der Waals surface area contributed by atoms with Gasteiger partial charge < -0.3 is 35.6 Å². The van der Waals surface area contributed by atoms with Crippen molar-refractivity contribution in [3.05, 3.63) is 130 Å². The van der Waals surface area contributed by atoms with Crippen molar-refractivity contribution in [2.45, 2.75) is 24.5 Å². The maximum atomic E-state index is 13.5. The SMILES string of the molecule is O=C(c1ccnc(-c2cccc([C@](O)(C(=O)O)c3ccccc3)c2)c1)N1CCC(CNC[C@H](O)c2ccc(O)c3[nH]c(=O)ccc23)CC1. The molecule has 11 nitrogen and oxygen atoms in total. The standard InChI is InChI=1S/C37H36N4O7/c42-31-11-9-28(29-10-12-33(44)40-34(29)31)32(43)22-38-21-23-14-17-41(18-15-23)35(45)25-13-16-39-30(20-25)24-5-4-8-27(19-24)37(48,36(46)47)26-6-2-1-3-7-26/h1-13,16,19-20,23,32,38,42-43,48H,14-15,17-18,21-22H2,(H,40,44)(H,46,47)/t32-,37-/m0/s1. The van der Waals surface area contributed by atoms with Crippen LogP contribution < -0.4 is 10.9 Å². The highest BCUT2D eigenvalue weighted by Gasteiger charge is 2.40. The molecule has 0 bridgehead atoms. The number of amides is 1. The average Bonchev–Trinajstić information content (AvgIpc) is 3.12. The molecule has 0 unspecified atom stereocenters. The molecule has 0 saturated carbocycles. The van der Waals surface area contributed by atoms with Gasteiger partial charge in [-0.25, -0.2) is 4.79 Å². The number of piperidine rings is 1. The highest BCUT2D eigenvalue weighted by Crippen LogP contribution is 2.33. The topological polar surface area (TPSA) is 176 Å². The number of likely N-dealkylation sites (tertiary alicyclic amines) is 1. The zero-order valence-corrected chi connectivity index (χ0v) is 26.0. The van der Waals surface area contributed by atoms with Crippen LogP contribution in [0.3, 0.4) is 0 Å². The number of hydrogen-bond donors (Lipinski definition) is 6. The Morgan fingerprint density at radius 1 is 0.958 bits per heavy atom. The van der Waals surface area contributed by atoms with Gasteiger partial charge >= 0.3 is 5.97 Å². The number of aliphatic hydroxyl groups is 2. The van der Waals surface area contributed by atoms with E-state index in [1.807, 2.05) is 4.90 Å². The van der Waals surface area contributed by atoms with Crippen molar-refractivity contribution in [3.8, 4) is 17.0 Å². The predicted octanol–water partition coefficient (Wildman–Crippen LogP) is 3.79. The molecule has 3 aromatic carbocycles. The molecule has 0 spiro atoms. The Hall–Kier alpha value is -5.36. The van der Waals surface area contributed by atoms with Gasteiger partial charge in [0, 0.05) is 54.0 Å². The number of carbonyl (C=O) groups excluding carboxylic acids is 1. The molecule has 2 aromatic heterocycles. The fourth-order valence-electron chi connectivity index (χ4n) is 6.32. The fraction of sp³-hybridized carbons (Fsp3) is 0.243. The second-order valence-corrected chi connectivity index (χ2v) is 12.1. The molecule has 0 radical (unpaired) electrons. The lowest BCUT2D eigenvalue weighted by molar-refractivity contribution is -0.155. The number of carboxylic acid groups (broad SMARTS) is 1. The van der Waals surface area contributed by atoms with Gasteiger partial charge in [0.15, 0.2) is 0 Å². The number of aromatic amines is 1. The van der Waals surface area contributed by atoms with Crippen molar-refractivity contribution in [3.63, 3.8) is 0 Å². The van der Waals surface area contributed by atoms with E-state index in [2.05, 4.69) is 15.3 Å². The van der Waals surface area contributed by atoms with Crippen LogP contribution in [0.4, 0.5) is 0 Å². The van der Waals surface area contributed by atoms with E-state index in [0.717, 1.165) is 12.8 Å². The minimum absolute atomic E-state index is 0.0579. The van der Waals surface area contributed by atoms with Crippen LogP contribution in [0.15, 0.2) is 102 Å². The Balaban J connectivity index is 1.07. The summed E-state index contributed by atoms with van der Waals surface area (Å²) in [7, 11) is 0. The van der Waals surface area contributed by atoms with Gasteiger partial charge in [0.2, 0.25) is 11.2 Å². The van der Waals surface area contributed by atoms with Gasteiger partial charge in [0.1, 0.15) is 5.75 Å². The number of aliphatic hydroxyl groups excluding tert-OH is 1. The first-order chi connectivity index (χ1) is 23.1. The first kappa shape index (κ1) is 32.6. The van der Waals surface area contributed by atoms with Crippen molar-refractivity contribution in [2.75, 3.05) is 26.2 Å². The van der Waals surface area contributed by atoms with Crippen LogP contribution in [0.25, 0.3) is 22.2 Å². The largest absolute Gasteiger partial charge is 0.506 e.